The first-order valence-corrected chi connectivity index (χ1v) is 5.38. The Morgan fingerprint density at radius 1 is 1.28 bits per heavy atom. The smallest absolute Gasteiger partial charge is 0.328 e. The SMILES string of the molecule is COc1ccc(C(C)NC(=O)C=CC(=O)O)cc1. The van der Waals surface area contributed by atoms with Crippen molar-refractivity contribution in [2.75, 3.05) is 7.11 Å². The fourth-order valence-corrected chi connectivity index (χ4v) is 1.38. The lowest BCUT2D eigenvalue weighted by Gasteiger charge is -2.13. The monoisotopic (exact) mass is 249 g/mol. The molecule has 5 nitrogen and oxygen atoms in total. The van der Waals surface area contributed by atoms with Crippen molar-refractivity contribution in [2.24, 2.45) is 0 Å². The number of methoxy groups -OCH3 is 1. The van der Waals surface area contributed by atoms with Crippen LogP contribution in [0.4, 0.5) is 0 Å². The van der Waals surface area contributed by atoms with Crippen LogP contribution < -0.4 is 10.1 Å². The van der Waals surface area contributed by atoms with Crippen LogP contribution >= 0.6 is 0 Å². The van der Waals surface area contributed by atoms with E-state index in [0.29, 0.717) is 0 Å². The molecule has 1 amide bonds. The van der Waals surface area contributed by atoms with Gasteiger partial charge in [-0.15, -0.1) is 0 Å². The number of carboxylic acids is 1. The third-order valence-corrected chi connectivity index (χ3v) is 2.35. The quantitative estimate of drug-likeness (QED) is 0.776. The van der Waals surface area contributed by atoms with E-state index < -0.39 is 11.9 Å². The number of hydrogen-bond acceptors (Lipinski definition) is 3. The average Bonchev–Trinajstić information content (AvgIpc) is 2.36. The molecule has 0 heterocycles. The molecule has 0 saturated heterocycles. The molecule has 18 heavy (non-hydrogen) atoms. The third kappa shape index (κ3) is 4.29. The number of carbonyl (C=O) groups excluding carboxylic acids is 1. The minimum atomic E-state index is -1.15. The van der Waals surface area contributed by atoms with Gasteiger partial charge >= 0.3 is 5.97 Å². The highest BCUT2D eigenvalue weighted by atomic mass is 16.5. The predicted molar refractivity (Wildman–Crippen MR) is 66.3 cm³/mol. The topological polar surface area (TPSA) is 75.6 Å². The van der Waals surface area contributed by atoms with E-state index in [2.05, 4.69) is 5.32 Å². The van der Waals surface area contributed by atoms with Crippen molar-refractivity contribution in [2.45, 2.75) is 13.0 Å². The van der Waals surface area contributed by atoms with E-state index in [0.717, 1.165) is 23.5 Å². The largest absolute Gasteiger partial charge is 0.497 e. The van der Waals surface area contributed by atoms with E-state index in [1.165, 1.54) is 0 Å². The van der Waals surface area contributed by atoms with Gasteiger partial charge in [-0.05, 0) is 24.6 Å². The first-order valence-electron chi connectivity index (χ1n) is 5.38. The van der Waals surface area contributed by atoms with Gasteiger partial charge in [0.25, 0.3) is 0 Å². The van der Waals surface area contributed by atoms with E-state index in [1.807, 2.05) is 19.1 Å². The van der Waals surface area contributed by atoms with Gasteiger partial charge < -0.3 is 15.2 Å². The van der Waals surface area contributed by atoms with Crippen molar-refractivity contribution in [1.29, 1.82) is 0 Å². The van der Waals surface area contributed by atoms with Crippen LogP contribution in [0.1, 0.15) is 18.5 Å². The molecule has 0 spiro atoms. The van der Waals surface area contributed by atoms with E-state index >= 15 is 0 Å². The molecule has 96 valence electrons. The average molecular weight is 249 g/mol. The van der Waals surface area contributed by atoms with Gasteiger partial charge in [-0.2, -0.15) is 0 Å². The summed E-state index contributed by atoms with van der Waals surface area (Å²) >= 11 is 0. The molecule has 0 radical (unpaired) electrons. The molecule has 0 fully saturated rings. The highest BCUT2D eigenvalue weighted by molar-refractivity contribution is 5.94. The summed E-state index contributed by atoms with van der Waals surface area (Å²) in [7, 11) is 1.58. The van der Waals surface area contributed by atoms with E-state index in [-0.39, 0.29) is 6.04 Å². The Labute approximate surface area is 105 Å². The Morgan fingerprint density at radius 3 is 2.39 bits per heavy atom. The summed E-state index contributed by atoms with van der Waals surface area (Å²) in [5, 5.41) is 11.0. The molecular formula is C13H15NO4. The lowest BCUT2D eigenvalue weighted by molar-refractivity contribution is -0.131. The first-order chi connectivity index (χ1) is 8.52. The molecule has 0 saturated carbocycles. The molecule has 1 unspecified atom stereocenters. The maximum atomic E-state index is 11.4. The molecule has 2 N–H and O–H groups in total. The second-order valence-electron chi connectivity index (χ2n) is 3.68. The molecule has 0 aromatic heterocycles. The molecule has 0 aliphatic carbocycles. The second kappa shape index (κ2) is 6.44. The lowest BCUT2D eigenvalue weighted by Crippen LogP contribution is -2.24. The summed E-state index contributed by atoms with van der Waals surface area (Å²) in [5.41, 5.74) is 0.910. The summed E-state index contributed by atoms with van der Waals surface area (Å²) < 4.78 is 5.03. The fraction of sp³-hybridized carbons (Fsp3) is 0.231. The Morgan fingerprint density at radius 2 is 1.89 bits per heavy atom. The Hall–Kier alpha value is -2.30. The van der Waals surface area contributed by atoms with Gasteiger partial charge in [0.2, 0.25) is 5.91 Å². The fourth-order valence-electron chi connectivity index (χ4n) is 1.38. The second-order valence-corrected chi connectivity index (χ2v) is 3.68. The molecule has 0 bridgehead atoms. The number of rotatable bonds is 5. The van der Waals surface area contributed by atoms with Gasteiger partial charge in [0.1, 0.15) is 5.75 Å². The number of carbonyl (C=O) groups is 2. The first kappa shape index (κ1) is 13.8. The van der Waals surface area contributed by atoms with E-state index in [4.69, 9.17) is 9.84 Å². The van der Waals surface area contributed by atoms with Gasteiger partial charge in [0.15, 0.2) is 0 Å². The van der Waals surface area contributed by atoms with Crippen molar-refractivity contribution in [3.8, 4) is 5.75 Å². The number of nitrogens with one attached hydrogen (secondary N) is 1. The van der Waals surface area contributed by atoms with Crippen LogP contribution in [0.15, 0.2) is 36.4 Å². The molecule has 0 aliphatic rings. The van der Waals surface area contributed by atoms with Crippen molar-refractivity contribution in [3.63, 3.8) is 0 Å². The van der Waals surface area contributed by atoms with Crippen LogP contribution in [-0.4, -0.2) is 24.1 Å². The zero-order valence-corrected chi connectivity index (χ0v) is 10.2. The van der Waals surface area contributed by atoms with Crippen molar-refractivity contribution < 1.29 is 19.4 Å². The van der Waals surface area contributed by atoms with Crippen molar-refractivity contribution in [3.05, 3.63) is 42.0 Å². The van der Waals surface area contributed by atoms with Crippen LogP contribution in [0.5, 0.6) is 5.75 Å². The van der Waals surface area contributed by atoms with Crippen molar-refractivity contribution in [1.82, 2.24) is 5.32 Å². The zero-order valence-electron chi connectivity index (χ0n) is 10.2. The maximum Gasteiger partial charge on any atom is 0.328 e. The van der Waals surface area contributed by atoms with Crippen LogP contribution in [0.25, 0.3) is 0 Å². The summed E-state index contributed by atoms with van der Waals surface area (Å²) in [5.74, 6) is -0.856. The molecule has 1 rings (SSSR count). The van der Waals surface area contributed by atoms with Gasteiger partial charge in [0.05, 0.1) is 13.2 Å². The maximum absolute atomic E-state index is 11.4. The minimum absolute atomic E-state index is 0.207. The summed E-state index contributed by atoms with van der Waals surface area (Å²) in [6.07, 6.45) is 1.79. The number of hydrogen-bond donors (Lipinski definition) is 2. The highest BCUT2D eigenvalue weighted by Crippen LogP contribution is 2.16. The van der Waals surface area contributed by atoms with E-state index in [1.54, 1.807) is 19.2 Å². The number of benzene rings is 1. The summed E-state index contributed by atoms with van der Waals surface area (Å²) in [4.78, 5) is 21.6. The number of amides is 1. The lowest BCUT2D eigenvalue weighted by atomic mass is 10.1. The van der Waals surface area contributed by atoms with Gasteiger partial charge in [-0.1, -0.05) is 12.1 Å². The van der Waals surface area contributed by atoms with Crippen molar-refractivity contribution >= 4 is 11.9 Å². The van der Waals surface area contributed by atoms with Crippen LogP contribution in [-0.2, 0) is 9.59 Å². The van der Waals surface area contributed by atoms with Crippen LogP contribution in [0.3, 0.4) is 0 Å². The van der Waals surface area contributed by atoms with Gasteiger partial charge in [-0.25, -0.2) is 4.79 Å². The predicted octanol–water partition coefficient (Wildman–Crippen LogP) is 1.51. The van der Waals surface area contributed by atoms with Gasteiger partial charge in [0, 0.05) is 12.2 Å². The van der Waals surface area contributed by atoms with Gasteiger partial charge in [-0.3, -0.25) is 4.79 Å². The normalized spacial score (nSPS) is 12.1. The number of ether oxygens (including phenoxy) is 1. The summed E-state index contributed by atoms with van der Waals surface area (Å²) in [6, 6.07) is 7.06. The Kier molecular flexibility index (Phi) is 4.92. The molecular weight excluding hydrogens is 234 g/mol. The highest BCUT2D eigenvalue weighted by Gasteiger charge is 2.07. The van der Waals surface area contributed by atoms with Crippen LogP contribution in [0.2, 0.25) is 0 Å². The standard InChI is InChI=1S/C13H15NO4/c1-9(14-12(15)7-8-13(16)17)10-3-5-11(18-2)6-4-10/h3-9H,1-2H3,(H,14,15)(H,16,17). The number of aliphatic carboxylic acids is 1. The Bertz CT molecular complexity index is 451. The molecule has 1 atom stereocenters. The van der Waals surface area contributed by atoms with Crippen LogP contribution in [0, 0.1) is 0 Å². The Balaban J connectivity index is 2.61. The van der Waals surface area contributed by atoms with E-state index in [9.17, 15) is 9.59 Å². The molecule has 5 heteroatoms. The summed E-state index contributed by atoms with van der Waals surface area (Å²) in [6.45, 7) is 1.81. The number of carboxylic acid groups (broad SMARTS) is 1. The minimum Gasteiger partial charge on any atom is -0.497 e. The zero-order chi connectivity index (χ0) is 13.5. The third-order valence-electron chi connectivity index (χ3n) is 2.35. The molecule has 1 aromatic carbocycles. The molecule has 0 aliphatic heterocycles. The molecule has 1 aromatic rings.